The standard InChI is InChI=1S/C19H18Cl2N2O4/c1-27-17(24)13-3-5-14(6-4-13)23(18(25)19(26)8-9-19)22-11-12-2-7-15(20)16(21)10-12/h2-7,10,22,26H,8-9,11H2,1H3. The summed E-state index contributed by atoms with van der Waals surface area (Å²) in [5, 5.41) is 12.4. The van der Waals surface area contributed by atoms with Gasteiger partial charge in [0.15, 0.2) is 0 Å². The zero-order valence-corrected chi connectivity index (χ0v) is 16.0. The van der Waals surface area contributed by atoms with Crippen molar-refractivity contribution in [2.24, 2.45) is 0 Å². The van der Waals surface area contributed by atoms with Crippen molar-refractivity contribution < 1.29 is 19.4 Å². The van der Waals surface area contributed by atoms with Crippen molar-refractivity contribution in [3.05, 3.63) is 63.6 Å². The highest BCUT2D eigenvalue weighted by atomic mass is 35.5. The van der Waals surface area contributed by atoms with Crippen molar-refractivity contribution in [3.63, 3.8) is 0 Å². The van der Waals surface area contributed by atoms with Crippen molar-refractivity contribution in [1.82, 2.24) is 5.43 Å². The van der Waals surface area contributed by atoms with Gasteiger partial charge >= 0.3 is 5.97 Å². The zero-order chi connectivity index (χ0) is 19.6. The number of ether oxygens (including phenoxy) is 1. The molecule has 1 aliphatic rings. The van der Waals surface area contributed by atoms with Gasteiger partial charge in [-0.1, -0.05) is 29.3 Å². The summed E-state index contributed by atoms with van der Waals surface area (Å²) in [7, 11) is 1.30. The normalized spacial score (nSPS) is 14.5. The summed E-state index contributed by atoms with van der Waals surface area (Å²) >= 11 is 12.0. The summed E-state index contributed by atoms with van der Waals surface area (Å²) in [4.78, 5) is 24.3. The lowest BCUT2D eigenvalue weighted by atomic mass is 10.2. The molecule has 0 saturated heterocycles. The summed E-state index contributed by atoms with van der Waals surface area (Å²) in [5.74, 6) is -0.919. The second-order valence-corrected chi connectivity index (χ2v) is 7.11. The van der Waals surface area contributed by atoms with Crippen LogP contribution in [0.15, 0.2) is 42.5 Å². The predicted octanol–water partition coefficient (Wildman–Crippen LogP) is 3.34. The quantitative estimate of drug-likeness (QED) is 0.565. The van der Waals surface area contributed by atoms with Crippen molar-refractivity contribution in [2.45, 2.75) is 25.0 Å². The molecule has 0 aromatic heterocycles. The lowest BCUT2D eigenvalue weighted by molar-refractivity contribution is -0.129. The number of rotatable bonds is 6. The van der Waals surface area contributed by atoms with Crippen LogP contribution in [0.5, 0.6) is 0 Å². The highest BCUT2D eigenvalue weighted by Crippen LogP contribution is 2.37. The van der Waals surface area contributed by atoms with Gasteiger partial charge in [-0.15, -0.1) is 0 Å². The second kappa shape index (κ2) is 7.86. The number of hydrogen-bond donors (Lipinski definition) is 2. The summed E-state index contributed by atoms with van der Waals surface area (Å²) < 4.78 is 4.68. The number of carbonyl (C=O) groups is 2. The largest absolute Gasteiger partial charge is 0.465 e. The molecular formula is C19H18Cl2N2O4. The molecule has 1 amide bonds. The van der Waals surface area contributed by atoms with Gasteiger partial charge in [0, 0.05) is 6.54 Å². The number of esters is 1. The molecule has 0 aliphatic heterocycles. The van der Waals surface area contributed by atoms with E-state index < -0.39 is 17.5 Å². The molecule has 2 N–H and O–H groups in total. The number of aliphatic hydroxyl groups is 1. The summed E-state index contributed by atoms with van der Waals surface area (Å²) in [6.45, 7) is 0.289. The Balaban J connectivity index is 1.81. The molecule has 0 atom stereocenters. The van der Waals surface area contributed by atoms with Gasteiger partial charge < -0.3 is 9.84 Å². The average Bonchev–Trinajstić information content (AvgIpc) is 3.43. The lowest BCUT2D eigenvalue weighted by Crippen LogP contribution is -2.49. The van der Waals surface area contributed by atoms with E-state index in [2.05, 4.69) is 10.2 Å². The van der Waals surface area contributed by atoms with E-state index in [4.69, 9.17) is 23.2 Å². The fraction of sp³-hybridized carbons (Fsp3) is 0.263. The molecule has 0 unspecified atom stereocenters. The van der Waals surface area contributed by atoms with E-state index in [0.29, 0.717) is 34.1 Å². The summed E-state index contributed by atoms with van der Waals surface area (Å²) in [5.41, 5.74) is 3.33. The Kier molecular flexibility index (Phi) is 5.72. The molecule has 1 saturated carbocycles. The molecule has 0 spiro atoms. The first-order valence-corrected chi connectivity index (χ1v) is 9.02. The minimum Gasteiger partial charge on any atom is -0.465 e. The van der Waals surface area contributed by atoms with Crippen LogP contribution in [0.2, 0.25) is 10.0 Å². The van der Waals surface area contributed by atoms with Crippen LogP contribution in [0.3, 0.4) is 0 Å². The van der Waals surface area contributed by atoms with Crippen LogP contribution in [0, 0.1) is 0 Å². The Hall–Kier alpha value is -2.12. The van der Waals surface area contributed by atoms with Crippen molar-refractivity contribution >= 4 is 40.8 Å². The Morgan fingerprint density at radius 1 is 1.15 bits per heavy atom. The van der Waals surface area contributed by atoms with E-state index in [9.17, 15) is 14.7 Å². The van der Waals surface area contributed by atoms with Crippen LogP contribution in [0.4, 0.5) is 5.69 Å². The van der Waals surface area contributed by atoms with Gasteiger partial charge in [0.05, 0.1) is 28.4 Å². The van der Waals surface area contributed by atoms with Crippen LogP contribution in [-0.4, -0.2) is 29.7 Å². The number of hydrogen-bond acceptors (Lipinski definition) is 5. The molecule has 1 fully saturated rings. The number of anilines is 1. The summed E-state index contributed by atoms with van der Waals surface area (Å²) in [6.07, 6.45) is 0.827. The number of carbonyl (C=O) groups excluding carboxylic acids is 2. The fourth-order valence-electron chi connectivity index (χ4n) is 2.51. The molecule has 0 heterocycles. The van der Waals surface area contributed by atoms with Crippen LogP contribution in [0.25, 0.3) is 0 Å². The minimum atomic E-state index is -1.36. The van der Waals surface area contributed by atoms with Gasteiger partial charge in [0.25, 0.3) is 5.91 Å². The number of nitrogens with zero attached hydrogens (tertiary/aromatic N) is 1. The first kappa shape index (κ1) is 19.6. The van der Waals surface area contributed by atoms with Gasteiger partial charge in [-0.05, 0) is 54.8 Å². The molecule has 27 heavy (non-hydrogen) atoms. The van der Waals surface area contributed by atoms with Gasteiger partial charge in [-0.25, -0.2) is 15.2 Å². The molecule has 0 radical (unpaired) electrons. The van der Waals surface area contributed by atoms with Crippen molar-refractivity contribution in [2.75, 3.05) is 12.1 Å². The molecule has 142 valence electrons. The monoisotopic (exact) mass is 408 g/mol. The maximum atomic E-state index is 12.7. The summed E-state index contributed by atoms with van der Waals surface area (Å²) in [6, 6.07) is 11.5. The van der Waals surface area contributed by atoms with Crippen LogP contribution >= 0.6 is 23.2 Å². The Bertz CT molecular complexity index is 867. The first-order chi connectivity index (χ1) is 12.8. The molecule has 1 aliphatic carbocycles. The Morgan fingerprint density at radius 2 is 1.81 bits per heavy atom. The maximum Gasteiger partial charge on any atom is 0.337 e. The van der Waals surface area contributed by atoms with Crippen LogP contribution in [0.1, 0.15) is 28.8 Å². The van der Waals surface area contributed by atoms with Gasteiger partial charge in [0.2, 0.25) is 0 Å². The number of benzene rings is 2. The van der Waals surface area contributed by atoms with E-state index in [1.807, 2.05) is 0 Å². The Labute approximate surface area is 166 Å². The average molecular weight is 409 g/mol. The lowest BCUT2D eigenvalue weighted by Gasteiger charge is -2.26. The number of amides is 1. The van der Waals surface area contributed by atoms with Crippen LogP contribution in [-0.2, 0) is 16.1 Å². The minimum absolute atomic E-state index is 0.289. The third kappa shape index (κ3) is 4.42. The molecule has 8 heteroatoms. The van der Waals surface area contributed by atoms with E-state index in [1.54, 1.807) is 42.5 Å². The topological polar surface area (TPSA) is 78.9 Å². The van der Waals surface area contributed by atoms with Crippen molar-refractivity contribution in [3.8, 4) is 0 Å². The maximum absolute atomic E-state index is 12.7. The van der Waals surface area contributed by atoms with Crippen molar-refractivity contribution in [1.29, 1.82) is 0 Å². The van der Waals surface area contributed by atoms with Gasteiger partial charge in [-0.2, -0.15) is 0 Å². The number of halogens is 2. The van der Waals surface area contributed by atoms with E-state index in [1.165, 1.54) is 12.1 Å². The fourth-order valence-corrected chi connectivity index (χ4v) is 2.83. The van der Waals surface area contributed by atoms with Crippen LogP contribution < -0.4 is 10.4 Å². The van der Waals surface area contributed by atoms with E-state index in [-0.39, 0.29) is 6.54 Å². The SMILES string of the molecule is COC(=O)c1ccc(N(NCc2ccc(Cl)c(Cl)c2)C(=O)C2(O)CC2)cc1. The second-order valence-electron chi connectivity index (χ2n) is 6.29. The molecule has 0 bridgehead atoms. The first-order valence-electron chi connectivity index (χ1n) is 8.27. The zero-order valence-electron chi connectivity index (χ0n) is 14.5. The third-order valence-corrected chi connectivity index (χ3v) is 5.04. The highest BCUT2D eigenvalue weighted by Gasteiger charge is 2.50. The number of nitrogens with one attached hydrogen (secondary N) is 1. The molecule has 6 nitrogen and oxygen atoms in total. The highest BCUT2D eigenvalue weighted by molar-refractivity contribution is 6.42. The van der Waals surface area contributed by atoms with Gasteiger partial charge in [-0.3, -0.25) is 4.79 Å². The third-order valence-electron chi connectivity index (χ3n) is 4.30. The number of methoxy groups -OCH3 is 1. The predicted molar refractivity (Wildman–Crippen MR) is 103 cm³/mol. The molecule has 3 rings (SSSR count). The smallest absolute Gasteiger partial charge is 0.337 e. The van der Waals surface area contributed by atoms with E-state index >= 15 is 0 Å². The van der Waals surface area contributed by atoms with Gasteiger partial charge in [0.1, 0.15) is 5.60 Å². The number of hydrazine groups is 1. The molecule has 2 aromatic rings. The van der Waals surface area contributed by atoms with E-state index in [0.717, 1.165) is 5.56 Å². The molecule has 2 aromatic carbocycles. The molecular weight excluding hydrogens is 391 g/mol. The Morgan fingerprint density at radius 3 is 2.37 bits per heavy atom.